The van der Waals surface area contributed by atoms with E-state index in [1.807, 2.05) is 54.6 Å². The van der Waals surface area contributed by atoms with Crippen LogP contribution in [0.1, 0.15) is 67.6 Å². The summed E-state index contributed by atoms with van der Waals surface area (Å²) in [6, 6.07) is 18.6. The summed E-state index contributed by atoms with van der Waals surface area (Å²) >= 11 is 7.71. The number of fused-ring (bicyclic) bond motifs is 1. The van der Waals surface area contributed by atoms with Crippen molar-refractivity contribution in [3.63, 3.8) is 0 Å². The number of alkyl halides is 3. The molecular formula is C41H43ClF3N7O6S. The number of thiazole rings is 1. The van der Waals surface area contributed by atoms with E-state index in [0.29, 0.717) is 65.0 Å². The van der Waals surface area contributed by atoms with Crippen LogP contribution in [0.25, 0.3) is 23.1 Å². The minimum Gasteiger partial charge on any atom is -0.475 e. The van der Waals surface area contributed by atoms with E-state index in [0.717, 1.165) is 53.0 Å². The SMILES string of the molecule is CC(C)CCc1sc(NC(=O)c2cc(NC(=O)c3ccc(/C=C/c4cc5ccccc5nc4Cl)cc3)cn2C)nc1C(=O)NCCN1CCOCC1.O=C(O)C(F)(F)F. The number of anilines is 2. The van der Waals surface area contributed by atoms with E-state index in [1.54, 1.807) is 36.0 Å². The lowest BCUT2D eigenvalue weighted by atomic mass is 10.1. The lowest BCUT2D eigenvalue weighted by Crippen LogP contribution is -2.41. The molecule has 3 amide bonds. The van der Waals surface area contributed by atoms with Crippen molar-refractivity contribution in [1.82, 2.24) is 24.8 Å². The van der Waals surface area contributed by atoms with Gasteiger partial charge >= 0.3 is 12.1 Å². The fraction of sp³-hybridized carbons (Fsp3) is 0.317. The molecule has 1 aliphatic rings. The van der Waals surface area contributed by atoms with Crippen LogP contribution < -0.4 is 16.0 Å². The number of hydrogen-bond donors (Lipinski definition) is 4. The third-order valence-electron chi connectivity index (χ3n) is 8.97. The Hall–Kier alpha value is -5.62. The molecule has 1 aliphatic heterocycles. The number of halogens is 4. The lowest BCUT2D eigenvalue weighted by Gasteiger charge is -2.26. The number of nitrogens with zero attached hydrogens (tertiary/aromatic N) is 4. The number of carbonyl (C=O) groups is 4. The first-order chi connectivity index (χ1) is 28.1. The van der Waals surface area contributed by atoms with Crippen molar-refractivity contribution in [2.45, 2.75) is 32.9 Å². The molecule has 2 aromatic carbocycles. The first kappa shape index (κ1) is 44.5. The predicted molar refractivity (Wildman–Crippen MR) is 222 cm³/mol. The van der Waals surface area contributed by atoms with Crippen molar-refractivity contribution >= 4 is 80.5 Å². The van der Waals surface area contributed by atoms with Crippen LogP contribution in [0, 0.1) is 5.92 Å². The molecule has 4 heterocycles. The predicted octanol–water partition coefficient (Wildman–Crippen LogP) is 7.64. The van der Waals surface area contributed by atoms with Crippen molar-refractivity contribution in [1.29, 1.82) is 0 Å². The van der Waals surface area contributed by atoms with Gasteiger partial charge in [0.25, 0.3) is 17.7 Å². The summed E-state index contributed by atoms with van der Waals surface area (Å²) in [6.45, 7) is 8.60. The average molecular weight is 854 g/mol. The molecule has 3 aromatic heterocycles. The Kier molecular flexibility index (Phi) is 15.4. The maximum atomic E-state index is 13.4. The molecule has 18 heteroatoms. The molecular weight excluding hydrogens is 811 g/mol. The number of amides is 3. The standard InChI is InChI=1S/C39H42ClN7O4S.C2HF3O2/c1-25(2)8-15-33-34(38(50)41-16-17-47-18-20-51-21-19-47)44-39(52-33)45-37(49)32-23-30(24-46(32)3)42-36(48)27-12-9-26(10-13-27)11-14-29-22-28-6-4-5-7-31(28)43-35(29)40;3-2(4,5)1(6)7/h4-7,9-14,22-25H,8,15-21H2,1-3H3,(H,41,50)(H,42,48)(H,44,45,49);(H,6,7)/b14-11+;. The Morgan fingerprint density at radius 1 is 0.966 bits per heavy atom. The Morgan fingerprint density at radius 3 is 2.34 bits per heavy atom. The van der Waals surface area contributed by atoms with Crippen LogP contribution >= 0.6 is 22.9 Å². The van der Waals surface area contributed by atoms with Crippen molar-refractivity contribution in [2.24, 2.45) is 13.0 Å². The molecule has 6 rings (SSSR count). The zero-order valence-corrected chi connectivity index (χ0v) is 34.0. The summed E-state index contributed by atoms with van der Waals surface area (Å²) in [5, 5.41) is 17.6. The molecule has 0 spiro atoms. The van der Waals surface area contributed by atoms with Gasteiger partial charge in [0.05, 0.1) is 24.4 Å². The van der Waals surface area contributed by atoms with Crippen molar-refractivity contribution < 1.29 is 42.2 Å². The van der Waals surface area contributed by atoms with Gasteiger partial charge in [-0.1, -0.05) is 67.9 Å². The minimum absolute atomic E-state index is 0.247. The van der Waals surface area contributed by atoms with Gasteiger partial charge in [-0.15, -0.1) is 11.3 Å². The second-order valence-electron chi connectivity index (χ2n) is 13.9. The molecule has 0 atom stereocenters. The number of rotatable bonds is 13. The van der Waals surface area contributed by atoms with Crippen LogP contribution in [0.5, 0.6) is 0 Å². The van der Waals surface area contributed by atoms with Crippen molar-refractivity contribution in [2.75, 3.05) is 50.0 Å². The molecule has 0 aliphatic carbocycles. The Labute approximate surface area is 347 Å². The van der Waals surface area contributed by atoms with Crippen molar-refractivity contribution in [3.05, 3.63) is 105 Å². The van der Waals surface area contributed by atoms with Crippen LogP contribution in [0.2, 0.25) is 5.15 Å². The number of aliphatic carboxylic acids is 1. The first-order valence-electron chi connectivity index (χ1n) is 18.6. The summed E-state index contributed by atoms with van der Waals surface area (Å²) in [6.07, 6.45) is 1.98. The van der Waals surface area contributed by atoms with Gasteiger partial charge in [0.15, 0.2) is 5.13 Å². The summed E-state index contributed by atoms with van der Waals surface area (Å²) in [7, 11) is 1.73. The summed E-state index contributed by atoms with van der Waals surface area (Å²) in [4.78, 5) is 60.7. The number of nitrogens with one attached hydrogen (secondary N) is 3. The molecule has 13 nitrogen and oxygen atoms in total. The van der Waals surface area contributed by atoms with Gasteiger partial charge < -0.3 is 25.0 Å². The fourth-order valence-electron chi connectivity index (χ4n) is 5.79. The zero-order chi connectivity index (χ0) is 42.7. The number of hydrogen-bond acceptors (Lipinski definition) is 9. The average Bonchev–Trinajstić information content (AvgIpc) is 3.78. The number of benzene rings is 2. The van der Waals surface area contributed by atoms with Crippen LogP contribution in [-0.4, -0.2) is 93.8 Å². The lowest BCUT2D eigenvalue weighted by molar-refractivity contribution is -0.192. The number of morpholine rings is 1. The van der Waals surface area contributed by atoms with Gasteiger partial charge in [-0.05, 0) is 54.7 Å². The number of para-hydroxylation sites is 1. The van der Waals surface area contributed by atoms with Crippen molar-refractivity contribution in [3.8, 4) is 0 Å². The van der Waals surface area contributed by atoms with Crippen LogP contribution in [0.4, 0.5) is 24.0 Å². The van der Waals surface area contributed by atoms with E-state index in [-0.39, 0.29) is 11.8 Å². The van der Waals surface area contributed by atoms with E-state index >= 15 is 0 Å². The second kappa shape index (κ2) is 20.4. The highest BCUT2D eigenvalue weighted by Gasteiger charge is 2.38. The van der Waals surface area contributed by atoms with Crippen LogP contribution in [0.3, 0.4) is 0 Å². The molecule has 312 valence electrons. The number of ether oxygens (including phenoxy) is 1. The van der Waals surface area contributed by atoms with E-state index in [4.69, 9.17) is 26.2 Å². The Balaban J connectivity index is 0.000000867. The largest absolute Gasteiger partial charge is 0.490 e. The molecule has 1 saturated heterocycles. The summed E-state index contributed by atoms with van der Waals surface area (Å²) < 4.78 is 38.8. The molecule has 0 saturated carbocycles. The Morgan fingerprint density at radius 2 is 1.66 bits per heavy atom. The third-order valence-corrected chi connectivity index (χ3v) is 10.3. The van der Waals surface area contributed by atoms with Gasteiger partial charge in [0, 0.05) is 60.8 Å². The molecule has 4 N–H and O–H groups in total. The molecule has 1 fully saturated rings. The van der Waals surface area contributed by atoms with Gasteiger partial charge in [-0.3, -0.25) is 24.6 Å². The number of carbonyl (C=O) groups excluding carboxylic acids is 3. The highest BCUT2D eigenvalue weighted by atomic mass is 35.5. The van der Waals surface area contributed by atoms with Gasteiger partial charge in [-0.2, -0.15) is 13.2 Å². The van der Waals surface area contributed by atoms with E-state index in [2.05, 4.69) is 44.7 Å². The van der Waals surface area contributed by atoms with E-state index in [9.17, 15) is 27.6 Å². The van der Waals surface area contributed by atoms with E-state index in [1.165, 1.54) is 11.3 Å². The smallest absolute Gasteiger partial charge is 0.475 e. The zero-order valence-electron chi connectivity index (χ0n) is 32.4. The number of carboxylic acid groups (broad SMARTS) is 1. The maximum absolute atomic E-state index is 13.4. The summed E-state index contributed by atoms with van der Waals surface area (Å²) in [5.74, 6) is -3.27. The number of pyridine rings is 1. The fourth-order valence-corrected chi connectivity index (χ4v) is 6.97. The quantitative estimate of drug-likeness (QED) is 0.0871. The summed E-state index contributed by atoms with van der Waals surface area (Å²) in [5.41, 5.74) is 4.13. The minimum atomic E-state index is -5.08. The molecule has 0 unspecified atom stereocenters. The first-order valence-corrected chi connectivity index (χ1v) is 19.8. The highest BCUT2D eigenvalue weighted by molar-refractivity contribution is 7.16. The van der Waals surface area contributed by atoms with Gasteiger partial charge in [0.1, 0.15) is 16.5 Å². The Bertz CT molecular complexity index is 2300. The van der Waals surface area contributed by atoms with Crippen LogP contribution in [0.15, 0.2) is 66.9 Å². The monoisotopic (exact) mass is 853 g/mol. The van der Waals surface area contributed by atoms with E-state index < -0.39 is 18.1 Å². The third kappa shape index (κ3) is 12.9. The van der Waals surface area contributed by atoms with Gasteiger partial charge in [-0.25, -0.2) is 14.8 Å². The molecule has 5 aromatic rings. The normalized spacial score (nSPS) is 13.3. The number of carboxylic acids is 1. The molecule has 0 radical (unpaired) electrons. The highest BCUT2D eigenvalue weighted by Crippen LogP contribution is 2.27. The second-order valence-corrected chi connectivity index (χ2v) is 15.3. The topological polar surface area (TPSA) is 168 Å². The molecule has 0 bridgehead atoms. The number of aryl methyl sites for hydroxylation is 2. The van der Waals surface area contributed by atoms with Crippen LogP contribution in [-0.2, 0) is 23.0 Å². The van der Waals surface area contributed by atoms with Gasteiger partial charge in [0.2, 0.25) is 0 Å². The maximum Gasteiger partial charge on any atom is 0.490 e. The molecule has 59 heavy (non-hydrogen) atoms. The number of aromatic nitrogens is 3.